The summed E-state index contributed by atoms with van der Waals surface area (Å²) in [6.07, 6.45) is 4.54. The first-order valence-electron chi connectivity index (χ1n) is 7.41. The fourth-order valence-corrected chi connectivity index (χ4v) is 2.57. The Morgan fingerprint density at radius 2 is 2.00 bits per heavy atom. The standard InChI is InChI=1S/C17H21ClN2O3/c1-4-12(11-22-2)19-17(21)13-9-14(18)15(10-16(13)23-3)20-7-5-6-8-20/h5-10,12H,4,11H2,1-3H3,(H,19,21)/t12-/m0/s1. The lowest BCUT2D eigenvalue weighted by Crippen LogP contribution is -2.37. The number of amides is 1. The third-order valence-corrected chi connectivity index (χ3v) is 3.89. The zero-order valence-corrected chi connectivity index (χ0v) is 14.3. The molecular weight excluding hydrogens is 316 g/mol. The van der Waals surface area contributed by atoms with Crippen molar-refractivity contribution >= 4 is 17.5 Å². The summed E-state index contributed by atoms with van der Waals surface area (Å²) in [5, 5.41) is 3.41. The van der Waals surface area contributed by atoms with E-state index in [4.69, 9.17) is 21.1 Å². The van der Waals surface area contributed by atoms with Gasteiger partial charge in [0.2, 0.25) is 0 Å². The summed E-state index contributed by atoms with van der Waals surface area (Å²) in [5.74, 6) is 0.245. The van der Waals surface area contributed by atoms with Crippen LogP contribution in [0.1, 0.15) is 23.7 Å². The molecule has 1 amide bonds. The summed E-state index contributed by atoms with van der Waals surface area (Å²) in [5.41, 5.74) is 1.16. The summed E-state index contributed by atoms with van der Waals surface area (Å²) in [6, 6.07) is 7.14. The molecule has 6 heteroatoms. The molecule has 0 aliphatic heterocycles. The summed E-state index contributed by atoms with van der Waals surface area (Å²) in [4.78, 5) is 12.5. The monoisotopic (exact) mass is 336 g/mol. The molecule has 1 N–H and O–H groups in total. The highest BCUT2D eigenvalue weighted by atomic mass is 35.5. The van der Waals surface area contributed by atoms with Crippen LogP contribution >= 0.6 is 11.6 Å². The first-order chi connectivity index (χ1) is 11.1. The van der Waals surface area contributed by atoms with Gasteiger partial charge in [-0.25, -0.2) is 0 Å². The van der Waals surface area contributed by atoms with Crippen LogP contribution in [0.15, 0.2) is 36.7 Å². The van der Waals surface area contributed by atoms with Gasteiger partial charge >= 0.3 is 0 Å². The predicted octanol–water partition coefficient (Wildman–Crippen LogP) is 3.29. The molecular formula is C17H21ClN2O3. The highest BCUT2D eigenvalue weighted by Gasteiger charge is 2.19. The van der Waals surface area contributed by atoms with E-state index in [-0.39, 0.29) is 11.9 Å². The number of carbonyl (C=O) groups excluding carboxylic acids is 1. The van der Waals surface area contributed by atoms with Crippen LogP contribution in [0.5, 0.6) is 5.75 Å². The number of nitrogens with zero attached hydrogens (tertiary/aromatic N) is 1. The molecule has 0 radical (unpaired) electrons. The summed E-state index contributed by atoms with van der Waals surface area (Å²) in [6.45, 7) is 2.45. The third-order valence-electron chi connectivity index (χ3n) is 3.59. The van der Waals surface area contributed by atoms with Crippen LogP contribution in [0.25, 0.3) is 5.69 Å². The smallest absolute Gasteiger partial charge is 0.255 e. The van der Waals surface area contributed by atoms with Gasteiger partial charge in [-0.15, -0.1) is 0 Å². The molecule has 1 aromatic heterocycles. The van der Waals surface area contributed by atoms with E-state index >= 15 is 0 Å². The Morgan fingerprint density at radius 1 is 1.30 bits per heavy atom. The van der Waals surface area contributed by atoms with E-state index in [2.05, 4.69) is 5.32 Å². The van der Waals surface area contributed by atoms with Crippen LogP contribution in [-0.4, -0.2) is 37.3 Å². The average Bonchev–Trinajstić information content (AvgIpc) is 3.08. The fraction of sp³-hybridized carbons (Fsp3) is 0.353. The lowest BCUT2D eigenvalue weighted by molar-refractivity contribution is 0.0891. The van der Waals surface area contributed by atoms with E-state index < -0.39 is 0 Å². The van der Waals surface area contributed by atoms with E-state index in [9.17, 15) is 4.79 Å². The van der Waals surface area contributed by atoms with E-state index in [1.165, 1.54) is 7.11 Å². The van der Waals surface area contributed by atoms with Gasteiger partial charge in [0, 0.05) is 25.6 Å². The highest BCUT2D eigenvalue weighted by molar-refractivity contribution is 6.33. The molecule has 0 fully saturated rings. The van der Waals surface area contributed by atoms with Crippen molar-refractivity contribution in [2.45, 2.75) is 19.4 Å². The zero-order valence-electron chi connectivity index (χ0n) is 13.5. The number of aromatic nitrogens is 1. The molecule has 0 unspecified atom stereocenters. The van der Waals surface area contributed by atoms with Gasteiger partial charge in [0.15, 0.2) is 0 Å². The molecule has 2 aromatic rings. The minimum Gasteiger partial charge on any atom is -0.496 e. The molecule has 0 saturated carbocycles. The molecule has 1 aromatic carbocycles. The molecule has 0 aliphatic carbocycles. The van der Waals surface area contributed by atoms with Gasteiger partial charge in [0.25, 0.3) is 5.91 Å². The largest absolute Gasteiger partial charge is 0.496 e. The molecule has 2 rings (SSSR count). The van der Waals surface area contributed by atoms with Crippen molar-refractivity contribution < 1.29 is 14.3 Å². The Bertz CT molecular complexity index is 656. The van der Waals surface area contributed by atoms with Crippen LogP contribution in [0.2, 0.25) is 5.02 Å². The number of carbonyl (C=O) groups is 1. The molecule has 0 spiro atoms. The number of hydrogen-bond acceptors (Lipinski definition) is 3. The van der Waals surface area contributed by atoms with Crippen molar-refractivity contribution in [1.82, 2.24) is 9.88 Å². The van der Waals surface area contributed by atoms with Crippen LogP contribution < -0.4 is 10.1 Å². The summed E-state index contributed by atoms with van der Waals surface area (Å²) in [7, 11) is 3.14. The fourth-order valence-electron chi connectivity index (χ4n) is 2.31. The minimum atomic E-state index is -0.230. The maximum absolute atomic E-state index is 12.5. The van der Waals surface area contributed by atoms with E-state index in [1.54, 1.807) is 19.2 Å². The van der Waals surface area contributed by atoms with Gasteiger partial charge in [-0.2, -0.15) is 0 Å². The zero-order chi connectivity index (χ0) is 16.8. The van der Waals surface area contributed by atoms with Crippen molar-refractivity contribution in [3.05, 3.63) is 47.2 Å². The summed E-state index contributed by atoms with van der Waals surface area (Å²) >= 11 is 6.34. The number of nitrogens with one attached hydrogen (secondary N) is 1. The lowest BCUT2D eigenvalue weighted by atomic mass is 10.1. The maximum Gasteiger partial charge on any atom is 0.255 e. The molecule has 5 nitrogen and oxygen atoms in total. The number of hydrogen-bond donors (Lipinski definition) is 1. The van der Waals surface area contributed by atoms with Crippen molar-refractivity contribution in [3.8, 4) is 11.4 Å². The Hall–Kier alpha value is -1.98. The first-order valence-corrected chi connectivity index (χ1v) is 7.79. The topological polar surface area (TPSA) is 52.5 Å². The molecule has 23 heavy (non-hydrogen) atoms. The maximum atomic E-state index is 12.5. The van der Waals surface area contributed by atoms with Gasteiger partial charge in [-0.05, 0) is 24.6 Å². The van der Waals surface area contributed by atoms with E-state index in [1.807, 2.05) is 36.0 Å². The van der Waals surface area contributed by atoms with Gasteiger partial charge in [0.05, 0.1) is 36.0 Å². The highest BCUT2D eigenvalue weighted by Crippen LogP contribution is 2.30. The first kappa shape index (κ1) is 17.4. The number of ether oxygens (including phenoxy) is 2. The number of halogens is 1. The number of benzene rings is 1. The Labute approximate surface area is 141 Å². The normalized spacial score (nSPS) is 12.0. The Balaban J connectivity index is 2.32. The molecule has 0 aliphatic rings. The predicted molar refractivity (Wildman–Crippen MR) is 90.8 cm³/mol. The quantitative estimate of drug-likeness (QED) is 0.844. The van der Waals surface area contributed by atoms with E-state index in [0.717, 1.165) is 12.1 Å². The molecule has 0 bridgehead atoms. The SMILES string of the molecule is CC[C@@H](COC)NC(=O)c1cc(Cl)c(-n2cccc2)cc1OC. The molecule has 124 valence electrons. The molecule has 0 saturated heterocycles. The van der Waals surface area contributed by atoms with E-state index in [0.29, 0.717) is 22.9 Å². The van der Waals surface area contributed by atoms with Crippen LogP contribution in [-0.2, 0) is 4.74 Å². The second-order valence-corrected chi connectivity index (χ2v) is 5.54. The summed E-state index contributed by atoms with van der Waals surface area (Å²) < 4.78 is 12.3. The Kier molecular flexibility index (Phi) is 6.07. The van der Waals surface area contributed by atoms with Crippen molar-refractivity contribution in [3.63, 3.8) is 0 Å². The van der Waals surface area contributed by atoms with Gasteiger partial charge < -0.3 is 19.4 Å². The van der Waals surface area contributed by atoms with Gasteiger partial charge in [0.1, 0.15) is 5.75 Å². The minimum absolute atomic E-state index is 0.0555. The third kappa shape index (κ3) is 4.06. The molecule has 1 atom stereocenters. The van der Waals surface area contributed by atoms with Crippen molar-refractivity contribution in [2.24, 2.45) is 0 Å². The van der Waals surface area contributed by atoms with Gasteiger partial charge in [-0.3, -0.25) is 4.79 Å². The Morgan fingerprint density at radius 3 is 2.57 bits per heavy atom. The van der Waals surface area contributed by atoms with Gasteiger partial charge in [-0.1, -0.05) is 18.5 Å². The second kappa shape index (κ2) is 8.04. The second-order valence-electron chi connectivity index (χ2n) is 5.13. The average molecular weight is 337 g/mol. The van der Waals surface area contributed by atoms with Crippen molar-refractivity contribution in [1.29, 1.82) is 0 Å². The van der Waals surface area contributed by atoms with Crippen molar-refractivity contribution in [2.75, 3.05) is 20.8 Å². The van der Waals surface area contributed by atoms with Crippen LogP contribution in [0, 0.1) is 0 Å². The lowest BCUT2D eigenvalue weighted by Gasteiger charge is -2.18. The number of rotatable bonds is 7. The van der Waals surface area contributed by atoms with Crippen LogP contribution in [0.3, 0.4) is 0 Å². The molecule has 1 heterocycles. The van der Waals surface area contributed by atoms with Crippen LogP contribution in [0.4, 0.5) is 0 Å². The number of methoxy groups -OCH3 is 2.